The molecule has 0 radical (unpaired) electrons. The molecule has 1 aromatic rings. The minimum Gasteiger partial charge on any atom is -0.480 e. The van der Waals surface area contributed by atoms with Crippen molar-refractivity contribution < 1.29 is 9.90 Å². The summed E-state index contributed by atoms with van der Waals surface area (Å²) in [5.41, 5.74) is 0.538. The zero-order chi connectivity index (χ0) is 14.5. The van der Waals surface area contributed by atoms with Gasteiger partial charge >= 0.3 is 5.97 Å². The zero-order valence-electron chi connectivity index (χ0n) is 11.2. The first-order chi connectivity index (χ1) is 9.58. The van der Waals surface area contributed by atoms with Crippen molar-refractivity contribution in [3.63, 3.8) is 0 Å². The molecule has 1 aromatic carbocycles. The van der Waals surface area contributed by atoms with E-state index in [4.69, 9.17) is 23.2 Å². The molecule has 5 heteroatoms. The molecule has 3 nitrogen and oxygen atoms in total. The van der Waals surface area contributed by atoms with Crippen molar-refractivity contribution in [2.24, 2.45) is 0 Å². The minimum absolute atomic E-state index is 0.230. The summed E-state index contributed by atoms with van der Waals surface area (Å²) in [4.78, 5) is 11.6. The van der Waals surface area contributed by atoms with Crippen LogP contribution in [0.4, 0.5) is 0 Å². The normalized spacial score (nSPS) is 18.5. The molecule has 0 saturated heterocycles. The number of carboxylic acid groups (broad SMARTS) is 1. The largest absolute Gasteiger partial charge is 0.480 e. The second-order valence-electron chi connectivity index (χ2n) is 5.29. The number of carbonyl (C=O) groups is 1. The van der Waals surface area contributed by atoms with E-state index in [0.29, 0.717) is 15.6 Å². The molecule has 1 aliphatic carbocycles. The van der Waals surface area contributed by atoms with Gasteiger partial charge in [-0.1, -0.05) is 48.9 Å². The molecule has 20 heavy (non-hydrogen) atoms. The first-order valence-corrected chi connectivity index (χ1v) is 7.77. The van der Waals surface area contributed by atoms with Crippen molar-refractivity contribution in [1.82, 2.24) is 5.32 Å². The van der Waals surface area contributed by atoms with Crippen LogP contribution in [0.3, 0.4) is 0 Å². The van der Waals surface area contributed by atoms with E-state index in [1.54, 1.807) is 18.2 Å². The van der Waals surface area contributed by atoms with E-state index in [0.717, 1.165) is 25.7 Å². The van der Waals surface area contributed by atoms with Gasteiger partial charge in [-0.25, -0.2) is 0 Å². The van der Waals surface area contributed by atoms with E-state index in [2.05, 4.69) is 5.32 Å². The third kappa shape index (κ3) is 4.11. The van der Waals surface area contributed by atoms with Gasteiger partial charge < -0.3 is 5.11 Å². The van der Waals surface area contributed by atoms with Crippen LogP contribution in [0.15, 0.2) is 18.2 Å². The predicted octanol–water partition coefficient (Wildman–Crippen LogP) is 4.43. The van der Waals surface area contributed by atoms with E-state index in [9.17, 15) is 9.90 Å². The molecule has 0 aliphatic heterocycles. The Kier molecular flexibility index (Phi) is 5.70. The third-order valence-electron chi connectivity index (χ3n) is 3.77. The molecule has 2 N–H and O–H groups in total. The van der Waals surface area contributed by atoms with Crippen LogP contribution in [0.25, 0.3) is 0 Å². The van der Waals surface area contributed by atoms with Gasteiger partial charge in [0, 0.05) is 21.7 Å². The summed E-state index contributed by atoms with van der Waals surface area (Å²) in [6, 6.07) is 4.37. The summed E-state index contributed by atoms with van der Waals surface area (Å²) in [6.45, 7) is 0. The lowest BCUT2D eigenvalue weighted by Crippen LogP contribution is -2.37. The number of carboxylic acids is 1. The standard InChI is InChI=1S/C15H19Cl2NO2/c16-10-7-8-13(17)12(9-10)14(15(19)20)18-11-5-3-1-2-4-6-11/h7-9,11,14,18H,1-6H2,(H,19,20). The molecule has 0 heterocycles. The Bertz CT molecular complexity index is 471. The van der Waals surface area contributed by atoms with Crippen molar-refractivity contribution in [1.29, 1.82) is 0 Å². The van der Waals surface area contributed by atoms with Crippen LogP contribution >= 0.6 is 23.2 Å². The van der Waals surface area contributed by atoms with Crippen LogP contribution < -0.4 is 5.32 Å². The Labute approximate surface area is 129 Å². The van der Waals surface area contributed by atoms with E-state index < -0.39 is 12.0 Å². The topological polar surface area (TPSA) is 49.3 Å². The van der Waals surface area contributed by atoms with Gasteiger partial charge in [0.1, 0.15) is 6.04 Å². The third-order valence-corrected chi connectivity index (χ3v) is 4.35. The highest BCUT2D eigenvalue weighted by Crippen LogP contribution is 2.28. The maximum Gasteiger partial charge on any atom is 0.325 e. The molecule has 0 aromatic heterocycles. The van der Waals surface area contributed by atoms with Gasteiger partial charge in [0.15, 0.2) is 0 Å². The Hall–Kier alpha value is -0.770. The van der Waals surface area contributed by atoms with Gasteiger partial charge in [-0.3, -0.25) is 10.1 Å². The average molecular weight is 316 g/mol. The van der Waals surface area contributed by atoms with Gasteiger partial charge in [0.2, 0.25) is 0 Å². The SMILES string of the molecule is O=C(O)C(NC1CCCCCC1)c1cc(Cl)ccc1Cl. The molecule has 0 spiro atoms. The summed E-state index contributed by atoms with van der Waals surface area (Å²) in [7, 11) is 0. The smallest absolute Gasteiger partial charge is 0.325 e. The van der Waals surface area contributed by atoms with Crippen LogP contribution in [0.5, 0.6) is 0 Å². The summed E-state index contributed by atoms with van der Waals surface area (Å²) in [5.74, 6) is -0.918. The van der Waals surface area contributed by atoms with Crippen LogP contribution in [0, 0.1) is 0 Å². The van der Waals surface area contributed by atoms with Crippen molar-refractivity contribution in [2.75, 3.05) is 0 Å². The van der Waals surface area contributed by atoms with Crippen LogP contribution in [-0.2, 0) is 4.79 Å². The lowest BCUT2D eigenvalue weighted by molar-refractivity contribution is -0.140. The molecular formula is C15H19Cl2NO2. The summed E-state index contributed by atoms with van der Waals surface area (Å²) >= 11 is 12.1. The monoisotopic (exact) mass is 315 g/mol. The lowest BCUT2D eigenvalue weighted by Gasteiger charge is -2.23. The minimum atomic E-state index is -0.918. The fourth-order valence-corrected chi connectivity index (χ4v) is 3.12. The highest BCUT2D eigenvalue weighted by Gasteiger charge is 2.26. The number of hydrogen-bond acceptors (Lipinski definition) is 2. The first-order valence-electron chi connectivity index (χ1n) is 7.01. The van der Waals surface area contributed by atoms with E-state index in [-0.39, 0.29) is 6.04 Å². The zero-order valence-corrected chi connectivity index (χ0v) is 12.8. The van der Waals surface area contributed by atoms with Crippen LogP contribution in [0.2, 0.25) is 10.0 Å². The number of hydrogen-bond donors (Lipinski definition) is 2. The molecule has 1 saturated carbocycles. The van der Waals surface area contributed by atoms with Crippen LogP contribution in [-0.4, -0.2) is 17.1 Å². The lowest BCUT2D eigenvalue weighted by atomic mass is 10.0. The predicted molar refractivity (Wildman–Crippen MR) is 81.5 cm³/mol. The molecule has 0 bridgehead atoms. The number of halogens is 2. The number of aliphatic carboxylic acids is 1. The maximum atomic E-state index is 11.6. The molecule has 2 rings (SSSR count). The molecule has 1 atom stereocenters. The highest BCUT2D eigenvalue weighted by atomic mass is 35.5. The van der Waals surface area contributed by atoms with Crippen LogP contribution in [0.1, 0.15) is 50.1 Å². The van der Waals surface area contributed by atoms with E-state index >= 15 is 0 Å². The Morgan fingerprint density at radius 1 is 1.20 bits per heavy atom. The molecule has 0 amide bonds. The van der Waals surface area contributed by atoms with Gasteiger partial charge in [0.25, 0.3) is 0 Å². The van der Waals surface area contributed by atoms with Gasteiger partial charge in [0.05, 0.1) is 0 Å². The Morgan fingerprint density at radius 2 is 1.85 bits per heavy atom. The fourth-order valence-electron chi connectivity index (χ4n) is 2.71. The number of rotatable bonds is 4. The maximum absolute atomic E-state index is 11.6. The second-order valence-corrected chi connectivity index (χ2v) is 6.14. The first kappa shape index (κ1) is 15.6. The quantitative estimate of drug-likeness (QED) is 0.808. The number of benzene rings is 1. The average Bonchev–Trinajstić information content (AvgIpc) is 2.67. The van der Waals surface area contributed by atoms with E-state index in [1.807, 2.05) is 0 Å². The fraction of sp³-hybridized carbons (Fsp3) is 0.533. The van der Waals surface area contributed by atoms with Gasteiger partial charge in [-0.2, -0.15) is 0 Å². The summed E-state index contributed by atoms with van der Waals surface area (Å²) < 4.78 is 0. The van der Waals surface area contributed by atoms with Gasteiger partial charge in [-0.05, 0) is 31.0 Å². The van der Waals surface area contributed by atoms with Gasteiger partial charge in [-0.15, -0.1) is 0 Å². The van der Waals surface area contributed by atoms with E-state index in [1.165, 1.54) is 12.8 Å². The highest BCUT2D eigenvalue weighted by molar-refractivity contribution is 6.33. The summed E-state index contributed by atoms with van der Waals surface area (Å²) in [6.07, 6.45) is 6.78. The molecule has 110 valence electrons. The van der Waals surface area contributed by atoms with Crippen molar-refractivity contribution in [3.8, 4) is 0 Å². The summed E-state index contributed by atoms with van der Waals surface area (Å²) in [5, 5.41) is 13.6. The number of nitrogens with one attached hydrogen (secondary N) is 1. The van der Waals surface area contributed by atoms with Crippen molar-refractivity contribution in [2.45, 2.75) is 50.6 Å². The molecule has 1 fully saturated rings. The Morgan fingerprint density at radius 3 is 2.45 bits per heavy atom. The second kappa shape index (κ2) is 7.30. The molecular weight excluding hydrogens is 297 g/mol. The molecule has 1 unspecified atom stereocenters. The molecule has 1 aliphatic rings. The van der Waals surface area contributed by atoms with Crippen molar-refractivity contribution in [3.05, 3.63) is 33.8 Å². The Balaban J connectivity index is 2.17. The van der Waals surface area contributed by atoms with Crippen molar-refractivity contribution >= 4 is 29.2 Å².